The first-order chi connectivity index (χ1) is 15.2. The molecule has 1 atom stereocenters. The molecule has 31 heavy (non-hydrogen) atoms. The number of fused-ring (bicyclic) bond motifs is 1. The van der Waals surface area contributed by atoms with E-state index in [1.807, 2.05) is 48.5 Å². The van der Waals surface area contributed by atoms with Crippen LogP contribution < -0.4 is 15.0 Å². The summed E-state index contributed by atoms with van der Waals surface area (Å²) in [6, 6.07) is 17.4. The van der Waals surface area contributed by atoms with Gasteiger partial charge < -0.3 is 15.0 Å². The Morgan fingerprint density at radius 3 is 2.45 bits per heavy atom. The van der Waals surface area contributed by atoms with Crippen molar-refractivity contribution in [2.24, 2.45) is 0 Å². The molecule has 7 nitrogen and oxygen atoms in total. The minimum absolute atomic E-state index is 0.346. The summed E-state index contributed by atoms with van der Waals surface area (Å²) in [6.07, 6.45) is 2.80. The molecule has 1 saturated heterocycles. The van der Waals surface area contributed by atoms with Crippen LogP contribution in [0.4, 0.5) is 5.82 Å². The minimum Gasteiger partial charge on any atom is -0.497 e. The third kappa shape index (κ3) is 4.58. The first-order valence-electron chi connectivity index (χ1n) is 10.5. The van der Waals surface area contributed by atoms with Crippen LogP contribution in [0.3, 0.4) is 0 Å². The maximum atomic E-state index is 12.9. The van der Waals surface area contributed by atoms with Crippen LogP contribution in [-0.2, 0) is 11.2 Å². The molecule has 1 aliphatic heterocycles. The molecule has 0 bridgehead atoms. The number of aromatic nitrogens is 2. The summed E-state index contributed by atoms with van der Waals surface area (Å²) in [5, 5.41) is 12.7. The Kier molecular flexibility index (Phi) is 6.27. The van der Waals surface area contributed by atoms with Crippen LogP contribution in [0.5, 0.6) is 5.75 Å². The number of amides is 1. The summed E-state index contributed by atoms with van der Waals surface area (Å²) in [5.41, 5.74) is 2.97. The molecule has 2 aromatic carbocycles. The predicted octanol–water partition coefficient (Wildman–Crippen LogP) is 3.20. The predicted molar refractivity (Wildman–Crippen MR) is 119 cm³/mol. The number of hydrogen-bond acceptors (Lipinski definition) is 6. The van der Waals surface area contributed by atoms with Gasteiger partial charge in [0.25, 0.3) is 0 Å². The number of anilines is 1. The van der Waals surface area contributed by atoms with E-state index in [4.69, 9.17) is 14.7 Å². The molecule has 0 saturated carbocycles. The molecule has 1 N–H and O–H groups in total. The van der Waals surface area contributed by atoms with Crippen LogP contribution in [0.1, 0.15) is 30.0 Å². The summed E-state index contributed by atoms with van der Waals surface area (Å²) >= 11 is 0. The topological polar surface area (TPSA) is 91.1 Å². The number of carbonyl (C=O) groups is 1. The number of carbonyl (C=O) groups excluding carboxylic acids is 1. The van der Waals surface area contributed by atoms with Crippen LogP contribution in [0.2, 0.25) is 0 Å². The number of benzene rings is 2. The van der Waals surface area contributed by atoms with Crippen molar-refractivity contribution >= 4 is 22.8 Å². The van der Waals surface area contributed by atoms with Crippen molar-refractivity contribution in [2.45, 2.75) is 25.2 Å². The molecule has 1 amide bonds. The lowest BCUT2D eigenvalue weighted by Crippen LogP contribution is -2.32. The lowest BCUT2D eigenvalue weighted by molar-refractivity contribution is -0.121. The fraction of sp³-hybridized carbons (Fsp3) is 0.333. The van der Waals surface area contributed by atoms with Gasteiger partial charge in [0, 0.05) is 19.6 Å². The van der Waals surface area contributed by atoms with E-state index in [9.17, 15) is 10.1 Å². The summed E-state index contributed by atoms with van der Waals surface area (Å²) < 4.78 is 5.17. The molecule has 0 aliphatic carbocycles. The monoisotopic (exact) mass is 415 g/mol. The lowest BCUT2D eigenvalue weighted by atomic mass is 10.0. The van der Waals surface area contributed by atoms with Gasteiger partial charge in [0.15, 0.2) is 11.7 Å². The van der Waals surface area contributed by atoms with E-state index < -0.39 is 5.92 Å². The summed E-state index contributed by atoms with van der Waals surface area (Å²) in [5.74, 6) is 0.0827. The van der Waals surface area contributed by atoms with Crippen molar-refractivity contribution in [3.8, 4) is 11.8 Å². The van der Waals surface area contributed by atoms with E-state index in [-0.39, 0.29) is 5.91 Å². The van der Waals surface area contributed by atoms with Crippen LogP contribution in [0, 0.1) is 11.3 Å². The highest BCUT2D eigenvalue weighted by Gasteiger charge is 2.29. The second-order valence-corrected chi connectivity index (χ2v) is 7.57. The van der Waals surface area contributed by atoms with E-state index in [1.165, 1.54) is 0 Å². The number of hydrogen-bond donors (Lipinski definition) is 1. The van der Waals surface area contributed by atoms with Gasteiger partial charge in [-0.3, -0.25) is 4.79 Å². The van der Waals surface area contributed by atoms with Crippen molar-refractivity contribution < 1.29 is 9.53 Å². The van der Waals surface area contributed by atoms with E-state index in [2.05, 4.69) is 16.3 Å². The van der Waals surface area contributed by atoms with E-state index in [0.717, 1.165) is 42.8 Å². The van der Waals surface area contributed by atoms with Gasteiger partial charge in [0.2, 0.25) is 5.91 Å². The van der Waals surface area contributed by atoms with Crippen LogP contribution >= 0.6 is 0 Å². The van der Waals surface area contributed by atoms with Crippen LogP contribution in [-0.4, -0.2) is 42.6 Å². The Labute approximate surface area is 181 Å². The fourth-order valence-electron chi connectivity index (χ4n) is 3.83. The summed E-state index contributed by atoms with van der Waals surface area (Å²) in [7, 11) is 1.63. The molecule has 4 rings (SSSR count). The Balaban J connectivity index is 1.53. The number of methoxy groups -OCH3 is 1. The molecular formula is C24H25N5O2. The van der Waals surface area contributed by atoms with Gasteiger partial charge in [-0.15, -0.1) is 0 Å². The van der Waals surface area contributed by atoms with Gasteiger partial charge in [0.05, 0.1) is 24.2 Å². The lowest BCUT2D eigenvalue weighted by Gasteiger charge is -2.21. The van der Waals surface area contributed by atoms with Gasteiger partial charge in [-0.2, -0.15) is 5.26 Å². The highest BCUT2D eigenvalue weighted by molar-refractivity contribution is 5.88. The summed E-state index contributed by atoms with van der Waals surface area (Å²) in [4.78, 5) is 24.5. The van der Waals surface area contributed by atoms with E-state index in [1.54, 1.807) is 7.11 Å². The standard InChI is InChI=1S/C24H25N5O2/c1-31-18-10-8-17(9-11-18)12-13-26-24(30)19(16-25)22-23(29-14-4-5-15-29)28-21-7-3-2-6-20(21)27-22/h2-3,6-11,19H,4-5,12-15H2,1H3,(H,26,30)/t19-/m0/s1. The SMILES string of the molecule is COc1ccc(CCNC(=O)[C@@H](C#N)c2nc3ccccc3nc2N2CCCC2)cc1. The summed E-state index contributed by atoms with van der Waals surface area (Å²) in [6.45, 7) is 2.15. The van der Waals surface area contributed by atoms with Crippen molar-refractivity contribution in [1.82, 2.24) is 15.3 Å². The number of nitrogens with zero attached hydrogens (tertiary/aromatic N) is 4. The van der Waals surface area contributed by atoms with Gasteiger partial charge in [-0.05, 0) is 49.1 Å². The van der Waals surface area contributed by atoms with Crippen molar-refractivity contribution in [3.05, 3.63) is 59.8 Å². The smallest absolute Gasteiger partial charge is 0.243 e. The van der Waals surface area contributed by atoms with Crippen molar-refractivity contribution in [2.75, 3.05) is 31.6 Å². The zero-order valence-electron chi connectivity index (χ0n) is 17.5. The highest BCUT2D eigenvalue weighted by atomic mass is 16.5. The molecule has 3 aromatic rings. The second kappa shape index (κ2) is 9.43. The third-order valence-electron chi connectivity index (χ3n) is 5.52. The number of nitrogens with one attached hydrogen (secondary N) is 1. The number of nitriles is 1. The maximum Gasteiger partial charge on any atom is 0.243 e. The van der Waals surface area contributed by atoms with Crippen molar-refractivity contribution in [1.29, 1.82) is 5.26 Å². The van der Waals surface area contributed by atoms with E-state index >= 15 is 0 Å². The van der Waals surface area contributed by atoms with Crippen LogP contribution in [0.25, 0.3) is 11.0 Å². The number of para-hydroxylation sites is 2. The Morgan fingerprint density at radius 1 is 1.13 bits per heavy atom. The Morgan fingerprint density at radius 2 is 1.81 bits per heavy atom. The van der Waals surface area contributed by atoms with Gasteiger partial charge in [-0.25, -0.2) is 9.97 Å². The van der Waals surface area contributed by atoms with Crippen LogP contribution in [0.15, 0.2) is 48.5 Å². The zero-order chi connectivity index (χ0) is 21.6. The molecule has 2 heterocycles. The zero-order valence-corrected chi connectivity index (χ0v) is 17.5. The first kappa shape index (κ1) is 20.6. The highest BCUT2D eigenvalue weighted by Crippen LogP contribution is 2.29. The molecule has 0 unspecified atom stereocenters. The molecule has 0 radical (unpaired) electrons. The fourth-order valence-corrected chi connectivity index (χ4v) is 3.83. The molecular weight excluding hydrogens is 390 g/mol. The molecule has 7 heteroatoms. The Bertz CT molecular complexity index is 1100. The number of ether oxygens (including phenoxy) is 1. The van der Waals surface area contributed by atoms with Gasteiger partial charge >= 0.3 is 0 Å². The largest absolute Gasteiger partial charge is 0.497 e. The minimum atomic E-state index is -1.01. The normalized spacial score (nSPS) is 14.3. The average Bonchev–Trinajstić information content (AvgIpc) is 3.34. The Hall–Kier alpha value is -3.66. The molecule has 158 valence electrons. The molecule has 1 aliphatic rings. The second-order valence-electron chi connectivity index (χ2n) is 7.57. The third-order valence-corrected chi connectivity index (χ3v) is 5.52. The van der Waals surface area contributed by atoms with Crippen molar-refractivity contribution in [3.63, 3.8) is 0 Å². The molecule has 1 aromatic heterocycles. The van der Waals surface area contributed by atoms with Gasteiger partial charge in [0.1, 0.15) is 11.4 Å². The molecule has 1 fully saturated rings. The quantitative estimate of drug-likeness (QED) is 0.637. The van der Waals surface area contributed by atoms with Gasteiger partial charge in [-0.1, -0.05) is 24.3 Å². The number of rotatable bonds is 7. The molecule has 0 spiro atoms. The maximum absolute atomic E-state index is 12.9. The average molecular weight is 415 g/mol. The first-order valence-corrected chi connectivity index (χ1v) is 10.5. The van der Waals surface area contributed by atoms with E-state index in [0.29, 0.717) is 30.0 Å².